The number of nitrogen functional groups attached to an aromatic ring is 1. The average Bonchev–Trinajstić information content (AvgIpc) is 2.71. The molecule has 1 atom stereocenters. The summed E-state index contributed by atoms with van der Waals surface area (Å²) < 4.78 is 13.6. The highest BCUT2D eigenvalue weighted by molar-refractivity contribution is 6.30. The molecule has 0 amide bonds. The second kappa shape index (κ2) is 4.73. The first-order chi connectivity index (χ1) is 8.09. The normalized spacial score (nSPS) is 12.6. The molecule has 0 bridgehead atoms. The number of benzene rings is 1. The van der Waals surface area contributed by atoms with Gasteiger partial charge in [-0.25, -0.2) is 4.39 Å². The predicted molar refractivity (Wildman–Crippen MR) is 63.1 cm³/mol. The molecular formula is C11H11ClFN3O. The zero-order valence-corrected chi connectivity index (χ0v) is 9.58. The smallest absolute Gasteiger partial charge is 0.145 e. The van der Waals surface area contributed by atoms with Gasteiger partial charge in [-0.1, -0.05) is 23.7 Å². The lowest BCUT2D eigenvalue weighted by Gasteiger charge is -2.10. The minimum absolute atomic E-state index is 0.0369. The summed E-state index contributed by atoms with van der Waals surface area (Å²) in [6, 6.07) is 4.66. The molecule has 0 saturated heterocycles. The van der Waals surface area contributed by atoms with Crippen LogP contribution in [0.3, 0.4) is 0 Å². The van der Waals surface area contributed by atoms with Gasteiger partial charge in [0.15, 0.2) is 0 Å². The molecule has 6 heteroatoms. The van der Waals surface area contributed by atoms with Gasteiger partial charge in [0.2, 0.25) is 0 Å². The van der Waals surface area contributed by atoms with Crippen LogP contribution >= 0.6 is 11.6 Å². The first kappa shape index (κ1) is 11.9. The van der Waals surface area contributed by atoms with Crippen molar-refractivity contribution in [3.8, 4) is 0 Å². The maximum atomic E-state index is 13.6. The lowest BCUT2D eigenvalue weighted by Crippen LogP contribution is -2.05. The molecule has 2 aromatic rings. The Bertz CT molecular complexity index is 529. The second-order valence-corrected chi connectivity index (χ2v) is 4.08. The minimum atomic E-state index is -0.915. The second-order valence-electron chi connectivity index (χ2n) is 3.67. The highest BCUT2D eigenvalue weighted by Crippen LogP contribution is 2.25. The van der Waals surface area contributed by atoms with E-state index in [1.165, 1.54) is 12.3 Å². The first-order valence-corrected chi connectivity index (χ1v) is 5.37. The van der Waals surface area contributed by atoms with Gasteiger partial charge in [-0.3, -0.25) is 5.10 Å². The summed E-state index contributed by atoms with van der Waals surface area (Å²) in [6.45, 7) is 0. The van der Waals surface area contributed by atoms with Crippen molar-refractivity contribution in [3.63, 3.8) is 0 Å². The van der Waals surface area contributed by atoms with Crippen molar-refractivity contribution in [2.75, 3.05) is 5.73 Å². The molecule has 0 radical (unpaired) electrons. The summed E-state index contributed by atoms with van der Waals surface area (Å²) in [4.78, 5) is 0. The SMILES string of the molecule is Nc1[nH]ncc1C(O)Cc1cccc(Cl)c1F. The van der Waals surface area contributed by atoms with Gasteiger partial charge in [0, 0.05) is 12.0 Å². The van der Waals surface area contributed by atoms with Gasteiger partial charge in [-0.05, 0) is 11.6 Å². The highest BCUT2D eigenvalue weighted by Gasteiger charge is 2.16. The minimum Gasteiger partial charge on any atom is -0.388 e. The largest absolute Gasteiger partial charge is 0.388 e. The Kier molecular flexibility index (Phi) is 3.31. The fourth-order valence-electron chi connectivity index (χ4n) is 1.60. The Morgan fingerprint density at radius 2 is 2.29 bits per heavy atom. The monoisotopic (exact) mass is 255 g/mol. The number of H-pyrrole nitrogens is 1. The molecule has 0 aliphatic carbocycles. The van der Waals surface area contributed by atoms with Crippen LogP contribution in [0.4, 0.5) is 10.2 Å². The van der Waals surface area contributed by atoms with Crippen molar-refractivity contribution in [2.24, 2.45) is 0 Å². The first-order valence-electron chi connectivity index (χ1n) is 4.99. The molecule has 1 aromatic carbocycles. The number of aromatic nitrogens is 2. The molecule has 0 saturated carbocycles. The van der Waals surface area contributed by atoms with E-state index in [4.69, 9.17) is 17.3 Å². The van der Waals surface area contributed by atoms with Crippen LogP contribution in [-0.4, -0.2) is 15.3 Å². The van der Waals surface area contributed by atoms with Gasteiger partial charge >= 0.3 is 0 Å². The van der Waals surface area contributed by atoms with Crippen LogP contribution in [0, 0.1) is 5.82 Å². The number of nitrogens with zero attached hydrogens (tertiary/aromatic N) is 1. The van der Waals surface area contributed by atoms with Crippen LogP contribution in [0.1, 0.15) is 17.2 Å². The van der Waals surface area contributed by atoms with Gasteiger partial charge in [0.05, 0.1) is 17.3 Å². The molecular weight excluding hydrogens is 245 g/mol. The molecule has 0 aliphatic rings. The number of rotatable bonds is 3. The lowest BCUT2D eigenvalue weighted by molar-refractivity contribution is 0.178. The quantitative estimate of drug-likeness (QED) is 0.786. The average molecular weight is 256 g/mol. The molecule has 1 unspecified atom stereocenters. The number of nitrogens with two attached hydrogens (primary N) is 1. The zero-order valence-electron chi connectivity index (χ0n) is 8.82. The molecule has 2 rings (SSSR count). The van der Waals surface area contributed by atoms with Gasteiger partial charge in [-0.2, -0.15) is 5.10 Å². The molecule has 17 heavy (non-hydrogen) atoms. The summed E-state index contributed by atoms with van der Waals surface area (Å²) in [6.07, 6.45) is 0.597. The summed E-state index contributed by atoms with van der Waals surface area (Å²) in [7, 11) is 0. The summed E-state index contributed by atoms with van der Waals surface area (Å²) >= 11 is 5.65. The third kappa shape index (κ3) is 2.40. The zero-order chi connectivity index (χ0) is 12.4. The maximum absolute atomic E-state index is 13.6. The third-order valence-electron chi connectivity index (χ3n) is 2.50. The Labute approximate surface area is 102 Å². The van der Waals surface area contributed by atoms with E-state index in [9.17, 15) is 9.50 Å². The lowest BCUT2D eigenvalue weighted by atomic mass is 10.0. The number of nitrogens with one attached hydrogen (secondary N) is 1. The number of hydrogen-bond donors (Lipinski definition) is 3. The summed E-state index contributed by atoms with van der Waals surface area (Å²) in [5, 5.41) is 16.2. The Hall–Kier alpha value is -1.59. The Balaban J connectivity index is 2.22. The highest BCUT2D eigenvalue weighted by atomic mass is 35.5. The number of aliphatic hydroxyl groups excluding tert-OH is 1. The van der Waals surface area contributed by atoms with Crippen molar-refractivity contribution >= 4 is 17.4 Å². The van der Waals surface area contributed by atoms with Crippen LogP contribution in [0.5, 0.6) is 0 Å². The van der Waals surface area contributed by atoms with Crippen molar-refractivity contribution in [3.05, 3.63) is 46.4 Å². The third-order valence-corrected chi connectivity index (χ3v) is 2.80. The molecule has 1 heterocycles. The van der Waals surface area contributed by atoms with Gasteiger partial charge in [0.25, 0.3) is 0 Å². The van der Waals surface area contributed by atoms with Gasteiger partial charge in [0.1, 0.15) is 11.6 Å². The van der Waals surface area contributed by atoms with E-state index in [-0.39, 0.29) is 17.3 Å². The van der Waals surface area contributed by atoms with Crippen LogP contribution < -0.4 is 5.73 Å². The number of hydrogen-bond acceptors (Lipinski definition) is 3. The van der Waals surface area contributed by atoms with Gasteiger partial charge in [-0.15, -0.1) is 0 Å². The number of halogens is 2. The Morgan fingerprint density at radius 1 is 1.53 bits per heavy atom. The van der Waals surface area contributed by atoms with E-state index in [1.807, 2.05) is 0 Å². The van der Waals surface area contributed by atoms with Crippen molar-refractivity contribution in [1.82, 2.24) is 10.2 Å². The van der Waals surface area contributed by atoms with E-state index >= 15 is 0 Å². The molecule has 90 valence electrons. The van der Waals surface area contributed by atoms with Crippen LogP contribution in [0.2, 0.25) is 5.02 Å². The maximum Gasteiger partial charge on any atom is 0.145 e. The van der Waals surface area contributed by atoms with E-state index in [0.717, 1.165) is 0 Å². The van der Waals surface area contributed by atoms with E-state index < -0.39 is 11.9 Å². The van der Waals surface area contributed by atoms with E-state index in [2.05, 4.69) is 10.2 Å². The summed E-state index contributed by atoms with van der Waals surface area (Å²) in [5.41, 5.74) is 6.35. The number of aromatic amines is 1. The van der Waals surface area contributed by atoms with Crippen LogP contribution in [-0.2, 0) is 6.42 Å². The fraction of sp³-hybridized carbons (Fsp3) is 0.182. The number of anilines is 1. The molecule has 0 fully saturated rings. The predicted octanol–water partition coefficient (Wildman–Crippen LogP) is 2.06. The molecule has 0 aliphatic heterocycles. The molecule has 1 aromatic heterocycles. The van der Waals surface area contributed by atoms with E-state index in [0.29, 0.717) is 11.1 Å². The molecule has 4 nitrogen and oxygen atoms in total. The number of aliphatic hydroxyl groups is 1. The van der Waals surface area contributed by atoms with Gasteiger partial charge < -0.3 is 10.8 Å². The Morgan fingerprint density at radius 3 is 2.94 bits per heavy atom. The van der Waals surface area contributed by atoms with Crippen LogP contribution in [0.15, 0.2) is 24.4 Å². The molecule has 4 N–H and O–H groups in total. The summed E-state index contributed by atoms with van der Waals surface area (Å²) in [5.74, 6) is -0.241. The standard InChI is InChI=1S/C11H11ClFN3O/c12-8-3-1-2-6(10(8)13)4-9(17)7-5-15-16-11(7)14/h1-3,5,9,17H,4H2,(H3,14,15,16). The van der Waals surface area contributed by atoms with Crippen molar-refractivity contribution in [1.29, 1.82) is 0 Å². The van der Waals surface area contributed by atoms with Crippen molar-refractivity contribution < 1.29 is 9.50 Å². The fourth-order valence-corrected chi connectivity index (χ4v) is 1.79. The van der Waals surface area contributed by atoms with Crippen LogP contribution in [0.25, 0.3) is 0 Å². The van der Waals surface area contributed by atoms with Crippen molar-refractivity contribution in [2.45, 2.75) is 12.5 Å². The van der Waals surface area contributed by atoms with E-state index in [1.54, 1.807) is 12.1 Å². The topological polar surface area (TPSA) is 74.9 Å². The molecule has 0 spiro atoms.